The lowest BCUT2D eigenvalue weighted by Gasteiger charge is -2.10. The number of nitrogens with one attached hydrogen (secondary N) is 1. The zero-order valence-corrected chi connectivity index (χ0v) is 9.26. The highest BCUT2D eigenvalue weighted by molar-refractivity contribution is 7.99. The molecule has 0 bridgehead atoms. The second-order valence-electron chi connectivity index (χ2n) is 3.65. The van der Waals surface area contributed by atoms with Gasteiger partial charge in [-0.05, 0) is 36.0 Å². The van der Waals surface area contributed by atoms with Crippen LogP contribution >= 0.6 is 11.8 Å². The summed E-state index contributed by atoms with van der Waals surface area (Å²) in [4.78, 5) is 3.93. The summed E-state index contributed by atoms with van der Waals surface area (Å²) in [5, 5.41) is 12.1. The Labute approximate surface area is 93.9 Å². The number of pyridine rings is 1. The highest BCUT2D eigenvalue weighted by Gasteiger charge is 2.14. The summed E-state index contributed by atoms with van der Waals surface area (Å²) in [5.74, 6) is 3.31. The van der Waals surface area contributed by atoms with Gasteiger partial charge in [0.05, 0.1) is 0 Å². The molecule has 1 saturated heterocycles. The lowest BCUT2D eigenvalue weighted by atomic mass is 10.1. The van der Waals surface area contributed by atoms with Crippen LogP contribution in [0.5, 0.6) is 0 Å². The third-order valence-electron chi connectivity index (χ3n) is 2.49. The van der Waals surface area contributed by atoms with Crippen LogP contribution in [0.1, 0.15) is 12.1 Å². The fourth-order valence-corrected chi connectivity index (χ4v) is 2.89. The van der Waals surface area contributed by atoms with Crippen molar-refractivity contribution in [3.63, 3.8) is 0 Å². The van der Waals surface area contributed by atoms with Crippen LogP contribution in [0.2, 0.25) is 0 Å². The Hall–Kier alpha value is -1.21. The Bertz CT molecular complexity index is 366. The van der Waals surface area contributed by atoms with Gasteiger partial charge in [-0.1, -0.05) is 0 Å². The van der Waals surface area contributed by atoms with Gasteiger partial charge in [0, 0.05) is 18.4 Å². The molecule has 15 heavy (non-hydrogen) atoms. The average molecular weight is 219 g/mol. The van der Waals surface area contributed by atoms with Crippen LogP contribution in [0.25, 0.3) is 0 Å². The van der Waals surface area contributed by atoms with E-state index in [1.54, 1.807) is 12.3 Å². The van der Waals surface area contributed by atoms with Gasteiger partial charge < -0.3 is 5.32 Å². The first kappa shape index (κ1) is 10.3. The van der Waals surface area contributed by atoms with Crippen molar-refractivity contribution in [2.75, 3.05) is 23.4 Å². The van der Waals surface area contributed by atoms with E-state index in [0.717, 1.165) is 18.2 Å². The van der Waals surface area contributed by atoms with E-state index < -0.39 is 0 Å². The largest absolute Gasteiger partial charge is 0.385 e. The minimum absolute atomic E-state index is 0.473. The number of rotatable bonds is 3. The van der Waals surface area contributed by atoms with Gasteiger partial charge in [-0.3, -0.25) is 0 Å². The first-order valence-electron chi connectivity index (χ1n) is 5.06. The predicted octanol–water partition coefficient (Wildman–Crippen LogP) is 2.12. The normalized spacial score (nSPS) is 19.8. The molecule has 0 saturated carbocycles. The van der Waals surface area contributed by atoms with Crippen molar-refractivity contribution in [3.8, 4) is 6.07 Å². The van der Waals surface area contributed by atoms with Gasteiger partial charge in [-0.2, -0.15) is 17.0 Å². The van der Waals surface area contributed by atoms with E-state index in [-0.39, 0.29) is 0 Å². The van der Waals surface area contributed by atoms with E-state index >= 15 is 0 Å². The monoisotopic (exact) mass is 219 g/mol. The summed E-state index contributed by atoms with van der Waals surface area (Å²) >= 11 is 2.02. The Balaban J connectivity index is 1.90. The lowest BCUT2D eigenvalue weighted by molar-refractivity contribution is 0.632. The number of anilines is 1. The van der Waals surface area contributed by atoms with Crippen LogP contribution in [0.3, 0.4) is 0 Å². The van der Waals surface area contributed by atoms with E-state index in [9.17, 15) is 0 Å². The smallest absolute Gasteiger partial charge is 0.142 e. The molecule has 1 aliphatic heterocycles. The summed E-state index contributed by atoms with van der Waals surface area (Å²) < 4.78 is 0. The van der Waals surface area contributed by atoms with Crippen LogP contribution in [0.15, 0.2) is 18.3 Å². The molecular formula is C11H13N3S. The van der Waals surface area contributed by atoms with Crippen molar-refractivity contribution in [2.24, 2.45) is 5.92 Å². The second kappa shape index (κ2) is 5.04. The molecule has 78 valence electrons. The minimum Gasteiger partial charge on any atom is -0.385 e. The molecule has 4 heteroatoms. The van der Waals surface area contributed by atoms with E-state index in [1.807, 2.05) is 23.9 Å². The van der Waals surface area contributed by atoms with Gasteiger partial charge in [-0.25, -0.2) is 4.98 Å². The lowest BCUT2D eigenvalue weighted by Crippen LogP contribution is -2.13. The average Bonchev–Trinajstić information content (AvgIpc) is 2.79. The maximum absolute atomic E-state index is 8.70. The molecule has 1 aliphatic rings. The minimum atomic E-state index is 0.473. The quantitative estimate of drug-likeness (QED) is 0.846. The summed E-state index contributed by atoms with van der Waals surface area (Å²) in [6, 6.07) is 5.74. The summed E-state index contributed by atoms with van der Waals surface area (Å²) in [6.45, 7) is 1.00. The fourth-order valence-electron chi connectivity index (χ4n) is 1.61. The van der Waals surface area contributed by atoms with Gasteiger partial charge in [0.2, 0.25) is 0 Å². The molecule has 0 amide bonds. The van der Waals surface area contributed by atoms with Gasteiger partial charge in [0.1, 0.15) is 11.8 Å². The summed E-state index contributed by atoms with van der Waals surface area (Å²) in [6.07, 6.45) is 2.97. The molecular weight excluding hydrogens is 206 g/mol. The third-order valence-corrected chi connectivity index (χ3v) is 3.72. The highest BCUT2D eigenvalue weighted by atomic mass is 32.2. The molecule has 2 heterocycles. The van der Waals surface area contributed by atoms with Crippen molar-refractivity contribution in [2.45, 2.75) is 6.42 Å². The number of hydrogen-bond donors (Lipinski definition) is 1. The molecule has 0 aromatic carbocycles. The molecule has 0 radical (unpaired) electrons. The number of nitrogens with zero attached hydrogens (tertiary/aromatic N) is 2. The van der Waals surface area contributed by atoms with E-state index in [2.05, 4.69) is 10.3 Å². The van der Waals surface area contributed by atoms with Crippen LogP contribution in [-0.2, 0) is 0 Å². The Kier molecular flexibility index (Phi) is 3.46. The SMILES string of the molecule is N#Cc1cc(NCC2CCSC2)ccn1. The maximum Gasteiger partial charge on any atom is 0.142 e. The molecule has 1 aromatic heterocycles. The molecule has 1 aromatic rings. The molecule has 1 unspecified atom stereocenters. The van der Waals surface area contributed by atoms with Crippen molar-refractivity contribution in [3.05, 3.63) is 24.0 Å². The van der Waals surface area contributed by atoms with E-state index in [4.69, 9.17) is 5.26 Å². The molecule has 1 fully saturated rings. The van der Waals surface area contributed by atoms with Gasteiger partial charge in [0.15, 0.2) is 0 Å². The zero-order valence-electron chi connectivity index (χ0n) is 8.44. The van der Waals surface area contributed by atoms with Crippen molar-refractivity contribution in [1.29, 1.82) is 5.26 Å². The number of aromatic nitrogens is 1. The summed E-state index contributed by atoms with van der Waals surface area (Å²) in [7, 11) is 0. The first-order valence-corrected chi connectivity index (χ1v) is 6.22. The fraction of sp³-hybridized carbons (Fsp3) is 0.455. The predicted molar refractivity (Wildman–Crippen MR) is 62.9 cm³/mol. The van der Waals surface area contributed by atoms with Crippen LogP contribution in [0, 0.1) is 17.2 Å². The highest BCUT2D eigenvalue weighted by Crippen LogP contribution is 2.23. The number of thioether (sulfide) groups is 1. The second-order valence-corrected chi connectivity index (χ2v) is 4.80. The van der Waals surface area contributed by atoms with E-state index in [1.165, 1.54) is 17.9 Å². The van der Waals surface area contributed by atoms with Gasteiger partial charge in [0.25, 0.3) is 0 Å². The van der Waals surface area contributed by atoms with Gasteiger partial charge in [-0.15, -0.1) is 0 Å². The van der Waals surface area contributed by atoms with Crippen LogP contribution < -0.4 is 5.32 Å². The Morgan fingerprint density at radius 1 is 1.67 bits per heavy atom. The van der Waals surface area contributed by atoms with Crippen LogP contribution in [0.4, 0.5) is 5.69 Å². The number of hydrogen-bond acceptors (Lipinski definition) is 4. The molecule has 3 nitrogen and oxygen atoms in total. The standard InChI is InChI=1S/C11H13N3S/c12-6-11-5-10(1-3-13-11)14-7-9-2-4-15-8-9/h1,3,5,9H,2,4,7-8H2,(H,13,14). The molecule has 2 rings (SSSR count). The molecule has 1 atom stereocenters. The first-order chi connectivity index (χ1) is 7.38. The Morgan fingerprint density at radius 3 is 3.33 bits per heavy atom. The zero-order chi connectivity index (χ0) is 10.5. The van der Waals surface area contributed by atoms with Crippen LogP contribution in [-0.4, -0.2) is 23.0 Å². The van der Waals surface area contributed by atoms with E-state index in [0.29, 0.717) is 5.69 Å². The van der Waals surface area contributed by atoms with Gasteiger partial charge >= 0.3 is 0 Å². The topological polar surface area (TPSA) is 48.7 Å². The maximum atomic E-state index is 8.70. The molecule has 0 spiro atoms. The molecule has 1 N–H and O–H groups in total. The van der Waals surface area contributed by atoms with Crippen molar-refractivity contribution < 1.29 is 0 Å². The number of nitriles is 1. The molecule has 0 aliphatic carbocycles. The summed E-state index contributed by atoms with van der Waals surface area (Å²) in [5.41, 5.74) is 1.47. The Morgan fingerprint density at radius 2 is 2.60 bits per heavy atom. The van der Waals surface area contributed by atoms with Crippen molar-refractivity contribution >= 4 is 17.4 Å². The third kappa shape index (κ3) is 2.87. The van der Waals surface area contributed by atoms with Crippen molar-refractivity contribution in [1.82, 2.24) is 4.98 Å².